The minimum Gasteiger partial charge on any atom is -0.469 e. The molecule has 140 valence electrons. The second-order valence-corrected chi connectivity index (χ2v) is 9.27. The molecule has 5 rings (SSSR count). The third-order valence-electron chi connectivity index (χ3n) is 7.61. The molecule has 26 heavy (non-hydrogen) atoms. The van der Waals surface area contributed by atoms with Crippen LogP contribution in [0, 0.1) is 23.7 Å². The smallest absolute Gasteiger partial charge is 0.257 e. The summed E-state index contributed by atoms with van der Waals surface area (Å²) in [6, 6.07) is 2.12. The number of nitrogens with one attached hydrogen (secondary N) is 1. The maximum absolute atomic E-state index is 12.7. The van der Waals surface area contributed by atoms with Crippen molar-refractivity contribution in [3.8, 4) is 0 Å². The lowest BCUT2D eigenvalue weighted by atomic mass is 9.72. The molecule has 4 aliphatic rings. The normalized spacial score (nSPS) is 34.3. The van der Waals surface area contributed by atoms with Crippen molar-refractivity contribution in [1.29, 1.82) is 0 Å². The van der Waals surface area contributed by atoms with Crippen molar-refractivity contribution in [3.63, 3.8) is 0 Å². The first-order valence-electron chi connectivity index (χ1n) is 10.1. The van der Waals surface area contributed by atoms with Gasteiger partial charge in [-0.3, -0.25) is 9.59 Å². The third-order valence-corrected chi connectivity index (χ3v) is 7.61. The molecular formula is C21H28N2O3. The molecule has 5 heteroatoms. The van der Waals surface area contributed by atoms with Gasteiger partial charge in [0.1, 0.15) is 5.76 Å². The monoisotopic (exact) mass is 356 g/mol. The first kappa shape index (κ1) is 16.4. The average molecular weight is 356 g/mol. The molecule has 1 atom stereocenters. The summed E-state index contributed by atoms with van der Waals surface area (Å²) in [4.78, 5) is 27.1. The van der Waals surface area contributed by atoms with E-state index in [9.17, 15) is 9.59 Å². The maximum atomic E-state index is 12.7. The summed E-state index contributed by atoms with van der Waals surface area (Å²) in [5.74, 6) is 1.43. The van der Waals surface area contributed by atoms with Crippen LogP contribution in [-0.4, -0.2) is 35.8 Å². The molecule has 5 nitrogen and oxygen atoms in total. The van der Waals surface area contributed by atoms with Gasteiger partial charge in [-0.1, -0.05) is 0 Å². The molecule has 0 bridgehead atoms. The van der Waals surface area contributed by atoms with Crippen LogP contribution in [0.4, 0.5) is 0 Å². The minimum absolute atomic E-state index is 0.104. The Balaban J connectivity index is 1.15. The average Bonchev–Trinajstić information content (AvgIpc) is 3.47. The van der Waals surface area contributed by atoms with Gasteiger partial charge >= 0.3 is 0 Å². The van der Waals surface area contributed by atoms with Crippen LogP contribution in [0.1, 0.15) is 67.5 Å². The Kier molecular flexibility index (Phi) is 3.54. The highest BCUT2D eigenvalue weighted by atomic mass is 16.3. The summed E-state index contributed by atoms with van der Waals surface area (Å²) in [6.45, 7) is 3.53. The van der Waals surface area contributed by atoms with Gasteiger partial charge in [-0.15, -0.1) is 0 Å². The SMILES string of the molecule is Cc1occc1C(=O)N1CCC2(CCC(NC(=O)C3CC34CC4)CC2)C1. The summed E-state index contributed by atoms with van der Waals surface area (Å²) in [5, 5.41) is 3.31. The van der Waals surface area contributed by atoms with E-state index >= 15 is 0 Å². The molecular weight excluding hydrogens is 328 g/mol. The van der Waals surface area contributed by atoms with Crippen LogP contribution in [0.15, 0.2) is 16.7 Å². The fourth-order valence-corrected chi connectivity index (χ4v) is 5.40. The topological polar surface area (TPSA) is 62.6 Å². The lowest BCUT2D eigenvalue weighted by Gasteiger charge is -2.37. The van der Waals surface area contributed by atoms with Gasteiger partial charge in [0, 0.05) is 25.0 Å². The van der Waals surface area contributed by atoms with Crippen molar-refractivity contribution >= 4 is 11.8 Å². The molecule has 1 aromatic rings. The van der Waals surface area contributed by atoms with Crippen LogP contribution in [0.2, 0.25) is 0 Å². The van der Waals surface area contributed by atoms with E-state index in [1.165, 1.54) is 12.8 Å². The van der Waals surface area contributed by atoms with Crippen LogP contribution in [0.3, 0.4) is 0 Å². The number of hydrogen-bond acceptors (Lipinski definition) is 3. The van der Waals surface area contributed by atoms with E-state index < -0.39 is 0 Å². The van der Waals surface area contributed by atoms with Crippen LogP contribution in [0.25, 0.3) is 0 Å². The van der Waals surface area contributed by atoms with Gasteiger partial charge in [0.05, 0.1) is 11.8 Å². The van der Waals surface area contributed by atoms with Crippen molar-refractivity contribution < 1.29 is 14.0 Å². The number of furan rings is 1. The van der Waals surface area contributed by atoms with Gasteiger partial charge in [-0.25, -0.2) is 0 Å². The molecule has 0 aromatic carbocycles. The summed E-state index contributed by atoms with van der Waals surface area (Å²) < 4.78 is 5.29. The molecule has 1 unspecified atom stereocenters. The predicted molar refractivity (Wildman–Crippen MR) is 96.6 cm³/mol. The zero-order chi connectivity index (χ0) is 17.9. The molecule has 1 N–H and O–H groups in total. The van der Waals surface area contributed by atoms with Gasteiger partial charge in [-0.2, -0.15) is 0 Å². The van der Waals surface area contributed by atoms with Gasteiger partial charge in [-0.05, 0) is 75.2 Å². The van der Waals surface area contributed by atoms with Crippen molar-refractivity contribution in [1.82, 2.24) is 10.2 Å². The van der Waals surface area contributed by atoms with Crippen molar-refractivity contribution in [2.24, 2.45) is 16.7 Å². The highest BCUT2D eigenvalue weighted by Gasteiger charge is 2.65. The van der Waals surface area contributed by atoms with Crippen LogP contribution in [-0.2, 0) is 4.79 Å². The Labute approximate surface area is 154 Å². The fraction of sp³-hybridized carbons (Fsp3) is 0.714. The van der Waals surface area contributed by atoms with E-state index in [1.54, 1.807) is 12.3 Å². The van der Waals surface area contributed by atoms with E-state index in [0.29, 0.717) is 34.6 Å². The van der Waals surface area contributed by atoms with E-state index in [2.05, 4.69) is 5.32 Å². The largest absolute Gasteiger partial charge is 0.469 e. The first-order chi connectivity index (χ1) is 12.5. The summed E-state index contributed by atoms with van der Waals surface area (Å²) in [7, 11) is 0. The Morgan fingerprint density at radius 1 is 1.19 bits per heavy atom. The number of likely N-dealkylation sites (tertiary alicyclic amines) is 1. The lowest BCUT2D eigenvalue weighted by molar-refractivity contribution is -0.123. The number of hydrogen-bond donors (Lipinski definition) is 1. The van der Waals surface area contributed by atoms with Crippen molar-refractivity contribution in [3.05, 3.63) is 23.7 Å². The number of nitrogens with zero attached hydrogens (tertiary/aromatic N) is 1. The Bertz CT molecular complexity index is 740. The standard InChI is InChI=1S/C21H28N2O3/c1-14-16(4-11-26-14)19(25)23-10-9-20(13-23)5-2-15(3-6-20)22-18(24)17-12-21(17)7-8-21/h4,11,15,17H,2-3,5-10,12-13H2,1H3,(H,22,24). The number of amides is 2. The molecule has 2 amide bonds. The molecule has 2 spiro atoms. The quantitative estimate of drug-likeness (QED) is 0.904. The molecule has 3 saturated carbocycles. The fourth-order valence-electron chi connectivity index (χ4n) is 5.40. The number of aryl methyl sites for hydroxylation is 1. The highest BCUT2D eigenvalue weighted by Crippen LogP contribution is 2.70. The number of rotatable bonds is 3. The molecule has 2 heterocycles. The zero-order valence-electron chi connectivity index (χ0n) is 15.6. The van der Waals surface area contributed by atoms with E-state index in [-0.39, 0.29) is 11.3 Å². The molecule has 1 aromatic heterocycles. The Hall–Kier alpha value is -1.78. The van der Waals surface area contributed by atoms with Crippen LogP contribution < -0.4 is 5.32 Å². The minimum atomic E-state index is 0.104. The molecule has 0 radical (unpaired) electrons. The summed E-state index contributed by atoms with van der Waals surface area (Å²) in [5.41, 5.74) is 1.39. The zero-order valence-corrected chi connectivity index (χ0v) is 15.6. The van der Waals surface area contributed by atoms with E-state index in [4.69, 9.17) is 4.42 Å². The second-order valence-electron chi connectivity index (χ2n) is 9.27. The molecule has 3 aliphatic carbocycles. The lowest BCUT2D eigenvalue weighted by Crippen LogP contribution is -2.42. The van der Waals surface area contributed by atoms with Gasteiger partial charge in [0.2, 0.25) is 5.91 Å². The van der Waals surface area contributed by atoms with Crippen molar-refractivity contribution in [2.45, 2.75) is 64.3 Å². The predicted octanol–water partition coefficient (Wildman–Crippen LogP) is 3.28. The van der Waals surface area contributed by atoms with Crippen molar-refractivity contribution in [2.75, 3.05) is 13.1 Å². The third kappa shape index (κ3) is 2.67. The number of carbonyl (C=O) groups excluding carboxylic acids is 2. The van der Waals surface area contributed by atoms with Gasteiger partial charge < -0.3 is 14.6 Å². The second kappa shape index (κ2) is 5.61. The van der Waals surface area contributed by atoms with E-state index in [0.717, 1.165) is 51.6 Å². The number of carbonyl (C=O) groups is 2. The highest BCUT2D eigenvalue weighted by molar-refractivity contribution is 5.95. The molecule has 4 fully saturated rings. The maximum Gasteiger partial charge on any atom is 0.257 e. The van der Waals surface area contributed by atoms with Crippen LogP contribution in [0.5, 0.6) is 0 Å². The van der Waals surface area contributed by atoms with Crippen LogP contribution >= 0.6 is 0 Å². The van der Waals surface area contributed by atoms with E-state index in [1.807, 2.05) is 11.8 Å². The summed E-state index contributed by atoms with van der Waals surface area (Å²) in [6.07, 6.45) is 10.7. The van der Waals surface area contributed by atoms with Gasteiger partial charge in [0.25, 0.3) is 5.91 Å². The first-order valence-corrected chi connectivity index (χ1v) is 10.1. The Morgan fingerprint density at radius 3 is 2.58 bits per heavy atom. The molecule has 1 aliphatic heterocycles. The summed E-state index contributed by atoms with van der Waals surface area (Å²) >= 11 is 0. The Morgan fingerprint density at radius 2 is 1.96 bits per heavy atom. The molecule has 1 saturated heterocycles. The van der Waals surface area contributed by atoms with Gasteiger partial charge in [0.15, 0.2) is 0 Å².